The third kappa shape index (κ3) is 4.84. The number of hydrogen-bond acceptors (Lipinski definition) is 3. The Balaban J connectivity index is 1.96. The van der Waals surface area contributed by atoms with E-state index in [2.05, 4.69) is 46.8 Å². The van der Waals surface area contributed by atoms with Crippen LogP contribution < -0.4 is 10.6 Å². The molecule has 0 amide bonds. The molecule has 23 heavy (non-hydrogen) atoms. The molecule has 0 bridgehead atoms. The Labute approximate surface area is 138 Å². The van der Waals surface area contributed by atoms with E-state index in [0.29, 0.717) is 12.5 Å². The molecule has 1 aromatic carbocycles. The van der Waals surface area contributed by atoms with Crippen LogP contribution in [0.1, 0.15) is 42.3 Å². The maximum atomic E-state index is 5.25. The average Bonchev–Trinajstić information content (AvgIpc) is 2.89. The topological polar surface area (TPSA) is 62.5 Å². The van der Waals surface area contributed by atoms with E-state index in [1.54, 1.807) is 0 Å². The molecule has 1 atom stereocenters. The van der Waals surface area contributed by atoms with E-state index in [1.165, 1.54) is 11.1 Å². The highest BCUT2D eigenvalue weighted by molar-refractivity contribution is 5.79. The molecule has 1 unspecified atom stereocenters. The van der Waals surface area contributed by atoms with E-state index >= 15 is 0 Å². The summed E-state index contributed by atoms with van der Waals surface area (Å²) in [5.41, 5.74) is 3.34. The molecular weight excluding hydrogens is 288 g/mol. The highest BCUT2D eigenvalue weighted by atomic mass is 16.5. The van der Waals surface area contributed by atoms with E-state index in [0.717, 1.165) is 30.5 Å². The Morgan fingerprint density at radius 2 is 1.96 bits per heavy atom. The molecule has 0 fully saturated rings. The number of nitrogens with one attached hydrogen (secondary N) is 2. The second-order valence-corrected chi connectivity index (χ2v) is 5.70. The number of aryl methyl sites for hydroxylation is 2. The van der Waals surface area contributed by atoms with Crippen LogP contribution in [0.5, 0.6) is 0 Å². The third-order valence-corrected chi connectivity index (χ3v) is 3.76. The molecule has 0 aliphatic heterocycles. The van der Waals surface area contributed by atoms with Gasteiger partial charge in [0.1, 0.15) is 5.76 Å². The van der Waals surface area contributed by atoms with Crippen LogP contribution in [0.2, 0.25) is 0 Å². The molecule has 2 rings (SSSR count). The van der Waals surface area contributed by atoms with Crippen molar-refractivity contribution >= 4 is 5.96 Å². The van der Waals surface area contributed by atoms with Gasteiger partial charge in [-0.1, -0.05) is 42.4 Å². The molecule has 0 aliphatic rings. The molecule has 124 valence electrons. The van der Waals surface area contributed by atoms with Crippen LogP contribution in [0.3, 0.4) is 0 Å². The molecular formula is C18H26N4O. The lowest BCUT2D eigenvalue weighted by molar-refractivity contribution is 0.391. The standard InChI is InChI=1S/C18H26N4O/c1-5-19-18(21-12-16-9-7-6-8-10-16)20-11-13(2)17-14(3)22-23-15(17)4/h6-10,13H,5,11-12H2,1-4H3,(H2,19,20,21). The van der Waals surface area contributed by atoms with Gasteiger partial charge in [-0.05, 0) is 26.3 Å². The molecule has 2 N–H and O–H groups in total. The van der Waals surface area contributed by atoms with E-state index in [9.17, 15) is 0 Å². The molecule has 2 aromatic rings. The summed E-state index contributed by atoms with van der Waals surface area (Å²) in [6.07, 6.45) is 0. The first kappa shape index (κ1) is 17.1. The number of aliphatic imine (C=N–C) groups is 1. The lowest BCUT2D eigenvalue weighted by Crippen LogP contribution is -2.39. The SMILES string of the molecule is CCNC(=NCc1ccccc1)NCC(C)c1c(C)noc1C. The lowest BCUT2D eigenvalue weighted by atomic mass is 10.00. The van der Waals surface area contributed by atoms with Gasteiger partial charge in [-0.15, -0.1) is 0 Å². The largest absolute Gasteiger partial charge is 0.361 e. The summed E-state index contributed by atoms with van der Waals surface area (Å²) < 4.78 is 5.25. The predicted octanol–water partition coefficient (Wildman–Crippen LogP) is 3.15. The fourth-order valence-corrected chi connectivity index (χ4v) is 2.64. The number of aromatic nitrogens is 1. The van der Waals surface area contributed by atoms with E-state index < -0.39 is 0 Å². The van der Waals surface area contributed by atoms with Crippen molar-refractivity contribution in [3.8, 4) is 0 Å². The molecule has 0 spiro atoms. The quantitative estimate of drug-likeness (QED) is 0.635. The Bertz CT molecular complexity index is 614. The molecule has 1 heterocycles. The van der Waals surface area contributed by atoms with Gasteiger partial charge in [0.05, 0.1) is 12.2 Å². The first-order chi connectivity index (χ1) is 11.1. The molecule has 5 heteroatoms. The monoisotopic (exact) mass is 314 g/mol. The van der Waals surface area contributed by atoms with Crippen molar-refractivity contribution in [2.24, 2.45) is 4.99 Å². The number of guanidine groups is 1. The Morgan fingerprint density at radius 1 is 1.22 bits per heavy atom. The first-order valence-electron chi connectivity index (χ1n) is 8.10. The fraction of sp³-hybridized carbons (Fsp3) is 0.444. The van der Waals surface area contributed by atoms with Crippen molar-refractivity contribution in [3.05, 3.63) is 52.9 Å². The summed E-state index contributed by atoms with van der Waals surface area (Å²) in [5.74, 6) is 2.03. The van der Waals surface area contributed by atoms with Crippen molar-refractivity contribution in [1.82, 2.24) is 15.8 Å². The smallest absolute Gasteiger partial charge is 0.191 e. The molecule has 1 aromatic heterocycles. The number of benzene rings is 1. The molecule has 0 aliphatic carbocycles. The molecule has 0 radical (unpaired) electrons. The summed E-state index contributed by atoms with van der Waals surface area (Å²) in [7, 11) is 0. The Hall–Kier alpha value is -2.30. The highest BCUT2D eigenvalue weighted by Crippen LogP contribution is 2.22. The van der Waals surface area contributed by atoms with Crippen LogP contribution >= 0.6 is 0 Å². The average molecular weight is 314 g/mol. The van der Waals surface area contributed by atoms with Crippen LogP contribution in [-0.4, -0.2) is 24.2 Å². The Morgan fingerprint density at radius 3 is 2.57 bits per heavy atom. The minimum absolute atomic E-state index is 0.307. The summed E-state index contributed by atoms with van der Waals surface area (Å²) in [4.78, 5) is 4.64. The van der Waals surface area contributed by atoms with Gasteiger partial charge in [0.25, 0.3) is 0 Å². The Kier molecular flexibility index (Phi) is 6.20. The highest BCUT2D eigenvalue weighted by Gasteiger charge is 2.16. The van der Waals surface area contributed by atoms with Crippen LogP contribution in [0, 0.1) is 13.8 Å². The minimum atomic E-state index is 0.307. The van der Waals surface area contributed by atoms with Gasteiger partial charge in [-0.3, -0.25) is 0 Å². The van der Waals surface area contributed by atoms with Crippen LogP contribution in [0.15, 0.2) is 39.8 Å². The fourth-order valence-electron chi connectivity index (χ4n) is 2.64. The van der Waals surface area contributed by atoms with Gasteiger partial charge in [-0.2, -0.15) is 0 Å². The van der Waals surface area contributed by atoms with Crippen molar-refractivity contribution in [3.63, 3.8) is 0 Å². The molecule has 0 saturated heterocycles. The van der Waals surface area contributed by atoms with Crippen LogP contribution in [0.4, 0.5) is 0 Å². The second-order valence-electron chi connectivity index (χ2n) is 5.70. The predicted molar refractivity (Wildman–Crippen MR) is 93.7 cm³/mol. The second kappa shape index (κ2) is 8.36. The van der Waals surface area contributed by atoms with Gasteiger partial charge in [0.2, 0.25) is 0 Å². The van der Waals surface area contributed by atoms with E-state index in [1.807, 2.05) is 32.0 Å². The third-order valence-electron chi connectivity index (χ3n) is 3.76. The van der Waals surface area contributed by atoms with Crippen molar-refractivity contribution < 1.29 is 4.52 Å². The zero-order valence-corrected chi connectivity index (χ0v) is 14.4. The van der Waals surface area contributed by atoms with Crippen LogP contribution in [-0.2, 0) is 6.54 Å². The van der Waals surface area contributed by atoms with Gasteiger partial charge in [0, 0.05) is 24.6 Å². The summed E-state index contributed by atoms with van der Waals surface area (Å²) >= 11 is 0. The summed E-state index contributed by atoms with van der Waals surface area (Å²) in [5, 5.41) is 10.7. The summed E-state index contributed by atoms with van der Waals surface area (Å²) in [6.45, 7) is 10.5. The van der Waals surface area contributed by atoms with Gasteiger partial charge >= 0.3 is 0 Å². The van der Waals surface area contributed by atoms with Crippen molar-refractivity contribution in [2.45, 2.75) is 40.2 Å². The zero-order chi connectivity index (χ0) is 16.7. The number of hydrogen-bond donors (Lipinski definition) is 2. The normalized spacial score (nSPS) is 13.0. The van der Waals surface area contributed by atoms with Gasteiger partial charge in [-0.25, -0.2) is 4.99 Å². The van der Waals surface area contributed by atoms with Crippen LogP contribution in [0.25, 0.3) is 0 Å². The number of nitrogens with zero attached hydrogens (tertiary/aromatic N) is 2. The minimum Gasteiger partial charge on any atom is -0.361 e. The van der Waals surface area contributed by atoms with Gasteiger partial charge in [0.15, 0.2) is 5.96 Å². The molecule has 0 saturated carbocycles. The lowest BCUT2D eigenvalue weighted by Gasteiger charge is -2.16. The maximum absolute atomic E-state index is 5.25. The first-order valence-corrected chi connectivity index (χ1v) is 8.10. The van der Waals surface area contributed by atoms with E-state index in [-0.39, 0.29) is 0 Å². The summed E-state index contributed by atoms with van der Waals surface area (Å²) in [6, 6.07) is 10.2. The maximum Gasteiger partial charge on any atom is 0.191 e. The van der Waals surface area contributed by atoms with Gasteiger partial charge < -0.3 is 15.2 Å². The van der Waals surface area contributed by atoms with Crippen molar-refractivity contribution in [1.29, 1.82) is 0 Å². The molecule has 5 nitrogen and oxygen atoms in total. The van der Waals surface area contributed by atoms with E-state index in [4.69, 9.17) is 4.52 Å². The number of rotatable bonds is 6. The van der Waals surface area contributed by atoms with Crippen molar-refractivity contribution in [2.75, 3.05) is 13.1 Å². The zero-order valence-electron chi connectivity index (χ0n) is 14.4.